The van der Waals surface area contributed by atoms with Crippen molar-refractivity contribution in [2.45, 2.75) is 36.0 Å². The molecule has 5 rings (SSSR count). The molecule has 1 fully saturated rings. The van der Waals surface area contributed by atoms with E-state index in [1.165, 1.54) is 6.08 Å². The highest BCUT2D eigenvalue weighted by Gasteiger charge is 2.71. The summed E-state index contributed by atoms with van der Waals surface area (Å²) in [5.41, 5.74) is 0.385. The van der Waals surface area contributed by atoms with Crippen molar-refractivity contribution < 1.29 is 19.4 Å². The van der Waals surface area contributed by atoms with E-state index in [1.54, 1.807) is 13.2 Å². The first-order chi connectivity index (χ1) is 11.0. The summed E-state index contributed by atoms with van der Waals surface area (Å²) in [4.78, 5) is 14.8. The molecule has 23 heavy (non-hydrogen) atoms. The Labute approximate surface area is 134 Å². The van der Waals surface area contributed by atoms with E-state index in [-0.39, 0.29) is 11.8 Å². The summed E-state index contributed by atoms with van der Waals surface area (Å²) < 4.78 is 11.6. The molecule has 1 saturated heterocycles. The van der Waals surface area contributed by atoms with Gasteiger partial charge in [-0.25, -0.2) is 0 Å². The number of likely N-dealkylation sites (N-methyl/N-ethyl adjacent to an activating group) is 1. The number of carbonyl (C=O) groups is 1. The van der Waals surface area contributed by atoms with Gasteiger partial charge in [-0.05, 0) is 50.2 Å². The average Bonchev–Trinajstić information content (AvgIpc) is 2.90. The number of aliphatic hydroxyl groups is 1. The zero-order chi connectivity index (χ0) is 16.0. The molecule has 0 amide bonds. The summed E-state index contributed by atoms with van der Waals surface area (Å²) in [5, 5.41) is 11.7. The summed E-state index contributed by atoms with van der Waals surface area (Å²) in [7, 11) is 3.65. The number of benzene rings is 1. The highest BCUT2D eigenvalue weighted by molar-refractivity contribution is 5.99. The van der Waals surface area contributed by atoms with Crippen LogP contribution in [0.1, 0.15) is 17.5 Å². The van der Waals surface area contributed by atoms with E-state index < -0.39 is 17.1 Å². The van der Waals surface area contributed by atoms with E-state index in [4.69, 9.17) is 9.47 Å². The molecular formula is C18H19NO4. The molecule has 120 valence electrons. The van der Waals surface area contributed by atoms with Gasteiger partial charge in [-0.1, -0.05) is 6.07 Å². The number of piperidine rings is 1. The van der Waals surface area contributed by atoms with E-state index in [0.29, 0.717) is 17.9 Å². The predicted octanol–water partition coefficient (Wildman–Crippen LogP) is 0.824. The highest BCUT2D eigenvalue weighted by Crippen LogP contribution is 2.63. The minimum absolute atomic E-state index is 0.0430. The number of hydrogen-bond donors (Lipinski definition) is 1. The lowest BCUT2D eigenvalue weighted by atomic mass is 9.51. The van der Waals surface area contributed by atoms with Crippen LogP contribution in [0.2, 0.25) is 0 Å². The van der Waals surface area contributed by atoms with Gasteiger partial charge in [0, 0.05) is 11.6 Å². The molecule has 5 nitrogen and oxygen atoms in total. The maximum atomic E-state index is 12.6. The number of nitrogens with zero attached hydrogens (tertiary/aromatic N) is 1. The first kappa shape index (κ1) is 13.6. The van der Waals surface area contributed by atoms with Crippen LogP contribution >= 0.6 is 0 Å². The molecule has 2 aliphatic carbocycles. The second-order valence-electron chi connectivity index (χ2n) is 7.11. The Morgan fingerprint density at radius 2 is 2.26 bits per heavy atom. The summed E-state index contributed by atoms with van der Waals surface area (Å²) in [6.45, 7) is 0.837. The van der Waals surface area contributed by atoms with Crippen LogP contribution < -0.4 is 9.47 Å². The summed E-state index contributed by atoms with van der Waals surface area (Å²) in [6.07, 6.45) is 4.00. The summed E-state index contributed by atoms with van der Waals surface area (Å²) in [6, 6.07) is 3.92. The Morgan fingerprint density at radius 3 is 3.04 bits per heavy atom. The summed E-state index contributed by atoms with van der Waals surface area (Å²) >= 11 is 0. The minimum atomic E-state index is -1.08. The van der Waals surface area contributed by atoms with Crippen LogP contribution in [0.15, 0.2) is 24.3 Å². The second-order valence-corrected chi connectivity index (χ2v) is 7.11. The normalized spacial score (nSPS) is 39.9. The van der Waals surface area contributed by atoms with E-state index in [0.717, 1.165) is 24.1 Å². The number of carbonyl (C=O) groups excluding carboxylic acids is 1. The van der Waals surface area contributed by atoms with Crippen LogP contribution in [0.5, 0.6) is 11.5 Å². The molecular weight excluding hydrogens is 294 g/mol. The van der Waals surface area contributed by atoms with Crippen LogP contribution in [0.3, 0.4) is 0 Å². The van der Waals surface area contributed by atoms with Crippen molar-refractivity contribution in [3.05, 3.63) is 35.4 Å². The third-order valence-corrected chi connectivity index (χ3v) is 6.34. The van der Waals surface area contributed by atoms with Crippen LogP contribution in [0.4, 0.5) is 0 Å². The fourth-order valence-electron chi connectivity index (χ4n) is 5.28. The fourth-order valence-corrected chi connectivity index (χ4v) is 5.28. The molecule has 5 heteroatoms. The molecule has 2 unspecified atom stereocenters. The van der Waals surface area contributed by atoms with Gasteiger partial charge in [0.2, 0.25) is 0 Å². The Balaban J connectivity index is 1.89. The fraction of sp³-hybridized carbons (Fsp3) is 0.500. The van der Waals surface area contributed by atoms with Crippen molar-refractivity contribution in [1.29, 1.82) is 0 Å². The third-order valence-electron chi connectivity index (χ3n) is 6.34. The maximum absolute atomic E-state index is 12.6. The Kier molecular flexibility index (Phi) is 2.34. The van der Waals surface area contributed by atoms with E-state index in [1.807, 2.05) is 13.1 Å². The molecule has 0 radical (unpaired) electrons. The van der Waals surface area contributed by atoms with Crippen molar-refractivity contribution in [3.63, 3.8) is 0 Å². The minimum Gasteiger partial charge on any atom is -0.493 e. The van der Waals surface area contributed by atoms with Crippen molar-refractivity contribution >= 4 is 5.78 Å². The molecule has 0 saturated carbocycles. The zero-order valence-corrected chi connectivity index (χ0v) is 13.2. The molecule has 2 heterocycles. The molecule has 0 aromatic heterocycles. The Bertz CT molecular complexity index is 773. The van der Waals surface area contributed by atoms with Gasteiger partial charge >= 0.3 is 0 Å². The van der Waals surface area contributed by atoms with Gasteiger partial charge in [0.25, 0.3) is 0 Å². The Morgan fingerprint density at radius 1 is 1.43 bits per heavy atom. The first-order valence-corrected chi connectivity index (χ1v) is 8.05. The van der Waals surface area contributed by atoms with Crippen molar-refractivity contribution in [2.24, 2.45) is 0 Å². The Hall–Kier alpha value is -1.85. The average molecular weight is 313 g/mol. The predicted molar refractivity (Wildman–Crippen MR) is 82.9 cm³/mol. The number of methoxy groups -OCH3 is 1. The number of hydrogen-bond acceptors (Lipinski definition) is 5. The zero-order valence-electron chi connectivity index (χ0n) is 13.2. The van der Waals surface area contributed by atoms with Gasteiger partial charge < -0.3 is 14.6 Å². The molecule has 1 N–H and O–H groups in total. The van der Waals surface area contributed by atoms with Crippen LogP contribution in [0, 0.1) is 0 Å². The monoisotopic (exact) mass is 313 g/mol. The molecule has 1 aromatic rings. The molecule has 1 aromatic carbocycles. The lowest BCUT2D eigenvalue weighted by Gasteiger charge is -2.60. The largest absolute Gasteiger partial charge is 0.493 e. The molecule has 4 atom stereocenters. The molecule has 2 bridgehead atoms. The number of ether oxygens (including phenoxy) is 2. The lowest BCUT2D eigenvalue weighted by molar-refractivity contribution is -0.151. The quantitative estimate of drug-likeness (QED) is 0.832. The maximum Gasteiger partial charge on any atom is 0.196 e. The molecule has 2 aliphatic heterocycles. The number of likely N-dealkylation sites (tertiary alicyclic amines) is 1. The summed E-state index contributed by atoms with van der Waals surface area (Å²) in [5.74, 6) is 1.22. The van der Waals surface area contributed by atoms with Crippen molar-refractivity contribution in [3.8, 4) is 11.5 Å². The first-order valence-electron chi connectivity index (χ1n) is 8.05. The van der Waals surface area contributed by atoms with Crippen LogP contribution in [-0.4, -0.2) is 54.2 Å². The second kappa shape index (κ2) is 3.97. The number of ketones is 1. The number of rotatable bonds is 1. The van der Waals surface area contributed by atoms with E-state index >= 15 is 0 Å². The SMILES string of the molecule is COc1ccc2c3c1OC1C(=O)C=C[C@@]4(O)C(C2)N(C)CC[C@]314. The van der Waals surface area contributed by atoms with Crippen molar-refractivity contribution in [2.75, 3.05) is 20.7 Å². The smallest absolute Gasteiger partial charge is 0.196 e. The van der Waals surface area contributed by atoms with Crippen molar-refractivity contribution in [1.82, 2.24) is 4.90 Å². The van der Waals surface area contributed by atoms with Crippen LogP contribution in [-0.2, 0) is 16.6 Å². The van der Waals surface area contributed by atoms with Crippen LogP contribution in [0.25, 0.3) is 0 Å². The van der Waals surface area contributed by atoms with Gasteiger partial charge in [-0.15, -0.1) is 0 Å². The van der Waals surface area contributed by atoms with Gasteiger partial charge in [-0.2, -0.15) is 0 Å². The third kappa shape index (κ3) is 1.28. The highest BCUT2D eigenvalue weighted by atomic mass is 16.5. The molecule has 1 spiro atoms. The van der Waals surface area contributed by atoms with Gasteiger partial charge in [0.1, 0.15) is 5.60 Å². The molecule has 4 aliphatic rings. The van der Waals surface area contributed by atoms with E-state index in [9.17, 15) is 9.90 Å². The van der Waals surface area contributed by atoms with Gasteiger partial charge in [-0.3, -0.25) is 9.69 Å². The lowest BCUT2D eigenvalue weighted by Crippen LogP contribution is -2.74. The standard InChI is InChI=1S/C18H19NO4/c1-19-8-7-17-14-10-3-4-12(22-2)15(14)23-16(17)11(20)5-6-18(17,21)13(19)9-10/h3-6,13,16,21H,7-9H2,1-2H3/t13?,16?,17-,18+/m0/s1. The van der Waals surface area contributed by atoms with Gasteiger partial charge in [0.05, 0.1) is 12.5 Å². The topological polar surface area (TPSA) is 59.0 Å². The van der Waals surface area contributed by atoms with E-state index in [2.05, 4.69) is 11.0 Å². The van der Waals surface area contributed by atoms with Gasteiger partial charge in [0.15, 0.2) is 23.4 Å².